The molecule has 0 aliphatic rings. The molecule has 2 amide bonds. The van der Waals surface area contributed by atoms with Crippen LogP contribution in [0, 0.1) is 0 Å². The molecule has 0 saturated carbocycles. The van der Waals surface area contributed by atoms with E-state index in [0.717, 1.165) is 29.4 Å². The number of hydrogen-bond donors (Lipinski definition) is 6. The number of urea groups is 1. The molecule has 11 nitrogen and oxygen atoms in total. The lowest BCUT2D eigenvalue weighted by Crippen LogP contribution is -2.27. The maximum atomic E-state index is 13.2. The van der Waals surface area contributed by atoms with Crippen molar-refractivity contribution in [3.05, 3.63) is 89.2 Å². The van der Waals surface area contributed by atoms with Crippen LogP contribution in [0.15, 0.2) is 78.2 Å². The molecule has 14 heteroatoms. The first-order valence-electron chi connectivity index (χ1n) is 10.6. The van der Waals surface area contributed by atoms with Crippen molar-refractivity contribution in [3.8, 4) is 0 Å². The fraction of sp³-hybridized carbons (Fsp3) is 0.0435. The highest BCUT2D eigenvalue weighted by Gasteiger charge is 2.31. The lowest BCUT2D eigenvalue weighted by molar-refractivity contribution is -0.137. The van der Waals surface area contributed by atoms with Gasteiger partial charge in [0.15, 0.2) is 5.43 Å². The number of rotatable bonds is 6. The van der Waals surface area contributed by atoms with Gasteiger partial charge in [0.1, 0.15) is 23.2 Å². The maximum Gasteiger partial charge on any atom is 0.416 e. The normalized spacial score (nSPS) is 11.5. The van der Waals surface area contributed by atoms with Gasteiger partial charge in [0.2, 0.25) is 0 Å². The molecule has 4 aromatic rings. The molecule has 0 aliphatic heterocycles. The lowest BCUT2D eigenvalue weighted by Gasteiger charge is -2.20. The minimum atomic E-state index is -4.63. The van der Waals surface area contributed by atoms with Crippen LogP contribution in [0.3, 0.4) is 0 Å². The second kappa shape index (κ2) is 10.2. The smallest absolute Gasteiger partial charge is 0.403 e. The van der Waals surface area contributed by atoms with Gasteiger partial charge in [-0.05, 0) is 42.5 Å². The number of nitrogens with two attached hydrogens (primary N) is 2. The van der Waals surface area contributed by atoms with Gasteiger partial charge >= 0.3 is 12.2 Å². The highest BCUT2D eigenvalue weighted by Crippen LogP contribution is 2.35. The third-order valence-electron chi connectivity index (χ3n) is 5.05. The molecule has 0 bridgehead atoms. The molecule has 0 aliphatic carbocycles. The van der Waals surface area contributed by atoms with Gasteiger partial charge in [-0.2, -0.15) is 13.2 Å². The Morgan fingerprint density at radius 1 is 1.03 bits per heavy atom. The Hall–Kier alpha value is -5.11. The number of carbonyl (C=O) groups is 1. The molecule has 190 valence electrons. The van der Waals surface area contributed by atoms with Crippen LogP contribution in [0.5, 0.6) is 0 Å². The van der Waals surface area contributed by atoms with Crippen molar-refractivity contribution in [1.82, 2.24) is 15.0 Å². The van der Waals surface area contributed by atoms with Crippen LogP contribution in [0.1, 0.15) is 5.56 Å². The summed E-state index contributed by atoms with van der Waals surface area (Å²) in [6.07, 6.45) is 0.463. The summed E-state index contributed by atoms with van der Waals surface area (Å²) in [7, 11) is 0. The number of amides is 2. The first kappa shape index (κ1) is 25.0. The molecule has 0 spiro atoms. The zero-order chi connectivity index (χ0) is 26.6. The maximum absolute atomic E-state index is 13.2. The van der Waals surface area contributed by atoms with Gasteiger partial charge in [-0.3, -0.25) is 9.80 Å². The van der Waals surface area contributed by atoms with Gasteiger partial charge in [-0.15, -0.1) is 0 Å². The monoisotopic (exact) mass is 511 g/mol. The van der Waals surface area contributed by atoms with E-state index in [0.29, 0.717) is 22.8 Å². The van der Waals surface area contributed by atoms with Gasteiger partial charge in [0.25, 0.3) is 0 Å². The van der Waals surface area contributed by atoms with Crippen molar-refractivity contribution < 1.29 is 18.0 Å². The van der Waals surface area contributed by atoms with E-state index in [1.165, 1.54) is 24.8 Å². The first-order chi connectivity index (χ1) is 17.7. The summed E-state index contributed by atoms with van der Waals surface area (Å²) >= 11 is 0. The Kier molecular flexibility index (Phi) is 6.92. The topological polar surface area (TPSA) is 167 Å². The molecule has 37 heavy (non-hydrogen) atoms. The molecule has 2 heterocycles. The van der Waals surface area contributed by atoms with Crippen molar-refractivity contribution in [1.29, 1.82) is 0 Å². The number of aromatic nitrogens is 3. The third-order valence-corrected chi connectivity index (χ3v) is 5.05. The number of carbonyl (C=O) groups excluding carboxylic acids is 1. The summed E-state index contributed by atoms with van der Waals surface area (Å²) in [6.45, 7) is 0. The second-order valence-corrected chi connectivity index (χ2v) is 7.55. The average molecular weight is 511 g/mol. The summed E-state index contributed by atoms with van der Waals surface area (Å²) in [4.78, 5) is 35.8. The number of pyridine rings is 1. The van der Waals surface area contributed by atoms with Crippen molar-refractivity contribution in [2.75, 3.05) is 21.0 Å². The lowest BCUT2D eigenvalue weighted by atomic mass is 10.1. The predicted octanol–water partition coefficient (Wildman–Crippen LogP) is 3.83. The van der Waals surface area contributed by atoms with Crippen LogP contribution in [0.2, 0.25) is 0 Å². The number of anilines is 5. The van der Waals surface area contributed by atoms with Crippen LogP contribution >= 0.6 is 0 Å². The van der Waals surface area contributed by atoms with E-state index in [2.05, 4.69) is 30.9 Å². The van der Waals surface area contributed by atoms with E-state index in [4.69, 9.17) is 11.6 Å². The van der Waals surface area contributed by atoms with Gasteiger partial charge in [0, 0.05) is 36.0 Å². The van der Waals surface area contributed by atoms with Crippen molar-refractivity contribution in [2.45, 2.75) is 6.18 Å². The van der Waals surface area contributed by atoms with Crippen molar-refractivity contribution in [2.24, 2.45) is 11.6 Å². The van der Waals surface area contributed by atoms with Crippen LogP contribution in [-0.2, 0) is 6.18 Å². The Balaban J connectivity index is 1.50. The Morgan fingerprint density at radius 3 is 2.46 bits per heavy atom. The number of alkyl halides is 3. The van der Waals surface area contributed by atoms with Gasteiger partial charge in [-0.1, -0.05) is 0 Å². The minimum Gasteiger partial charge on any atom is -0.403 e. The third kappa shape index (κ3) is 5.76. The molecular weight excluding hydrogens is 491 g/mol. The Bertz CT molecular complexity index is 1510. The van der Waals surface area contributed by atoms with E-state index in [1.54, 1.807) is 24.3 Å². The standard InChI is InChI=1S/C23H20F3N9O2/c24-23(25,26)13-1-6-17(35(28)10-8-27)16(11-13)34-22(37)33-15-4-2-14(3-5-15)32-21-19-18(36)7-9-29-20(19)30-12-31-21/h1-12H,27-28H2,(H2,33,34,37)(H2,29,30,31,32,36)/b10-8-. The molecule has 0 saturated heterocycles. The largest absolute Gasteiger partial charge is 0.416 e. The zero-order valence-electron chi connectivity index (χ0n) is 18.9. The Morgan fingerprint density at radius 2 is 1.76 bits per heavy atom. The quantitative estimate of drug-likeness (QED) is 0.168. The predicted molar refractivity (Wildman–Crippen MR) is 134 cm³/mol. The molecule has 0 fully saturated rings. The number of nitrogens with zero attached hydrogens (tertiary/aromatic N) is 3. The summed E-state index contributed by atoms with van der Waals surface area (Å²) in [6, 6.07) is 9.59. The number of H-pyrrole nitrogens is 1. The number of hydrogen-bond acceptors (Lipinski definition) is 8. The summed E-state index contributed by atoms with van der Waals surface area (Å²) in [5.74, 6) is 6.09. The number of benzene rings is 2. The highest BCUT2D eigenvalue weighted by molar-refractivity contribution is 6.02. The Labute approximate surface area is 207 Å². The van der Waals surface area contributed by atoms with E-state index in [1.807, 2.05) is 0 Å². The number of halogens is 3. The van der Waals surface area contributed by atoms with E-state index < -0.39 is 17.8 Å². The number of nitrogens with one attached hydrogen (secondary N) is 4. The van der Waals surface area contributed by atoms with Crippen LogP contribution < -0.4 is 38.0 Å². The minimum absolute atomic E-state index is 0.0801. The van der Waals surface area contributed by atoms with Crippen molar-refractivity contribution in [3.63, 3.8) is 0 Å². The van der Waals surface area contributed by atoms with Crippen LogP contribution in [0.4, 0.5) is 46.5 Å². The van der Waals surface area contributed by atoms with Crippen molar-refractivity contribution >= 4 is 45.6 Å². The highest BCUT2D eigenvalue weighted by atomic mass is 19.4. The van der Waals surface area contributed by atoms with E-state index in [9.17, 15) is 22.8 Å². The number of fused-ring (bicyclic) bond motifs is 1. The fourth-order valence-electron chi connectivity index (χ4n) is 3.37. The molecule has 2 aromatic heterocycles. The van der Waals surface area contributed by atoms with E-state index in [-0.39, 0.29) is 22.2 Å². The summed E-state index contributed by atoms with van der Waals surface area (Å²) in [5.41, 5.74) is 5.23. The summed E-state index contributed by atoms with van der Waals surface area (Å²) < 4.78 is 39.6. The molecule has 0 atom stereocenters. The number of aromatic amines is 1. The second-order valence-electron chi connectivity index (χ2n) is 7.55. The average Bonchev–Trinajstić information content (AvgIpc) is 2.85. The summed E-state index contributed by atoms with van der Waals surface area (Å²) in [5, 5.41) is 9.18. The molecule has 2 aromatic carbocycles. The van der Waals surface area contributed by atoms with E-state index >= 15 is 0 Å². The fourth-order valence-corrected chi connectivity index (χ4v) is 3.37. The number of hydrazine groups is 1. The first-order valence-corrected chi connectivity index (χ1v) is 10.6. The molecule has 8 N–H and O–H groups in total. The van der Waals surface area contributed by atoms with Crippen LogP contribution in [-0.4, -0.2) is 21.0 Å². The van der Waals surface area contributed by atoms with Gasteiger partial charge < -0.3 is 26.7 Å². The SMILES string of the molecule is N/C=C\N(N)c1ccc(C(F)(F)F)cc1NC(=O)Nc1ccc(Nc2ncnc3[nH]ccc(=O)c23)cc1. The molecule has 0 radical (unpaired) electrons. The zero-order valence-corrected chi connectivity index (χ0v) is 18.9. The van der Waals surface area contributed by atoms with Gasteiger partial charge in [0.05, 0.1) is 16.9 Å². The molecule has 0 unspecified atom stereocenters. The molecule has 4 rings (SSSR count). The van der Waals surface area contributed by atoms with Crippen LogP contribution in [0.25, 0.3) is 11.0 Å². The van der Waals surface area contributed by atoms with Gasteiger partial charge in [-0.25, -0.2) is 20.6 Å². The molecular formula is C23H20F3N9O2.